The second-order valence-electron chi connectivity index (χ2n) is 6.52. The van der Waals surface area contributed by atoms with Gasteiger partial charge in [-0.05, 0) is 49.7 Å². The predicted octanol–water partition coefficient (Wildman–Crippen LogP) is 4.11. The van der Waals surface area contributed by atoms with E-state index in [0.717, 1.165) is 25.2 Å². The summed E-state index contributed by atoms with van der Waals surface area (Å²) >= 11 is 0. The molecule has 0 bridgehead atoms. The molecule has 1 aliphatic heterocycles. The van der Waals surface area contributed by atoms with Crippen LogP contribution in [0.4, 0.5) is 13.2 Å². The minimum atomic E-state index is -4.77. The summed E-state index contributed by atoms with van der Waals surface area (Å²) in [6, 6.07) is 13.1. The van der Waals surface area contributed by atoms with Gasteiger partial charge in [-0.25, -0.2) is 0 Å². The molecule has 1 fully saturated rings. The molecule has 0 aliphatic carbocycles. The Morgan fingerprint density at radius 1 is 1.07 bits per heavy atom. The van der Waals surface area contributed by atoms with Crippen molar-refractivity contribution in [2.24, 2.45) is 0 Å². The standard InChI is InChI=1S/C20H21F3N2O2/c21-20(22,23)27-18-9-2-1-7-17(18)13-24-19(26)16-8-5-6-15(12-16)14-25-10-3-4-11-25/h1-2,5-9,12H,3-4,10-11,13-14H2,(H,24,26). The van der Waals surface area contributed by atoms with Crippen LogP contribution in [0.15, 0.2) is 48.5 Å². The molecule has 2 aromatic carbocycles. The average Bonchev–Trinajstić information content (AvgIpc) is 3.12. The fourth-order valence-corrected chi connectivity index (χ4v) is 3.16. The summed E-state index contributed by atoms with van der Waals surface area (Å²) in [6.07, 6.45) is -2.39. The molecule has 4 nitrogen and oxygen atoms in total. The normalized spacial score (nSPS) is 14.9. The molecule has 0 atom stereocenters. The zero-order valence-corrected chi connectivity index (χ0v) is 14.8. The van der Waals surface area contributed by atoms with Gasteiger partial charge in [0.05, 0.1) is 0 Å². The number of carbonyl (C=O) groups excluding carboxylic acids is 1. The van der Waals surface area contributed by atoms with Crippen LogP contribution in [-0.4, -0.2) is 30.3 Å². The van der Waals surface area contributed by atoms with Crippen LogP contribution in [-0.2, 0) is 13.1 Å². The molecular weight excluding hydrogens is 357 g/mol. The molecule has 1 aliphatic rings. The highest BCUT2D eigenvalue weighted by atomic mass is 19.4. The van der Waals surface area contributed by atoms with Crippen LogP contribution in [0.25, 0.3) is 0 Å². The molecule has 144 valence electrons. The summed E-state index contributed by atoms with van der Waals surface area (Å²) in [6.45, 7) is 2.86. The van der Waals surface area contributed by atoms with Crippen LogP contribution >= 0.6 is 0 Å². The number of nitrogens with one attached hydrogen (secondary N) is 1. The number of ether oxygens (including phenoxy) is 1. The fraction of sp³-hybridized carbons (Fsp3) is 0.350. The SMILES string of the molecule is O=C(NCc1ccccc1OC(F)(F)F)c1cccc(CN2CCCC2)c1. The highest BCUT2D eigenvalue weighted by Gasteiger charge is 2.32. The molecule has 1 saturated heterocycles. The van der Waals surface area contributed by atoms with Crippen molar-refractivity contribution in [3.05, 3.63) is 65.2 Å². The van der Waals surface area contributed by atoms with Gasteiger partial charge in [0.2, 0.25) is 0 Å². The van der Waals surface area contributed by atoms with Gasteiger partial charge < -0.3 is 10.1 Å². The van der Waals surface area contributed by atoms with E-state index in [1.54, 1.807) is 12.1 Å². The zero-order chi connectivity index (χ0) is 19.3. The number of nitrogens with zero attached hydrogens (tertiary/aromatic N) is 1. The van der Waals surface area contributed by atoms with Crippen LogP contribution < -0.4 is 10.1 Å². The first-order valence-electron chi connectivity index (χ1n) is 8.84. The van der Waals surface area contributed by atoms with Crippen molar-refractivity contribution < 1.29 is 22.7 Å². The van der Waals surface area contributed by atoms with E-state index in [1.165, 1.54) is 31.0 Å². The van der Waals surface area contributed by atoms with Gasteiger partial charge in [-0.3, -0.25) is 9.69 Å². The summed E-state index contributed by atoms with van der Waals surface area (Å²) in [5.74, 6) is -0.645. The monoisotopic (exact) mass is 378 g/mol. The number of hydrogen-bond donors (Lipinski definition) is 1. The van der Waals surface area contributed by atoms with Crippen molar-refractivity contribution in [2.75, 3.05) is 13.1 Å². The second-order valence-corrected chi connectivity index (χ2v) is 6.52. The average molecular weight is 378 g/mol. The Morgan fingerprint density at radius 3 is 2.56 bits per heavy atom. The van der Waals surface area contributed by atoms with E-state index in [1.807, 2.05) is 18.2 Å². The van der Waals surface area contributed by atoms with E-state index in [0.29, 0.717) is 5.56 Å². The van der Waals surface area contributed by atoms with Crippen LogP contribution in [0.5, 0.6) is 5.75 Å². The molecule has 1 heterocycles. The summed E-state index contributed by atoms with van der Waals surface area (Å²) in [7, 11) is 0. The van der Waals surface area contributed by atoms with Crippen molar-refractivity contribution in [1.29, 1.82) is 0 Å². The van der Waals surface area contributed by atoms with Gasteiger partial charge in [0.25, 0.3) is 5.91 Å². The van der Waals surface area contributed by atoms with Crippen LogP contribution in [0.2, 0.25) is 0 Å². The third-order valence-electron chi connectivity index (χ3n) is 4.43. The van der Waals surface area contributed by atoms with Gasteiger partial charge in [-0.2, -0.15) is 0 Å². The second kappa shape index (κ2) is 8.43. The Kier molecular flexibility index (Phi) is 6.01. The highest BCUT2D eigenvalue weighted by Crippen LogP contribution is 2.26. The number of halogens is 3. The van der Waals surface area contributed by atoms with E-state index >= 15 is 0 Å². The quantitative estimate of drug-likeness (QED) is 0.823. The Balaban J connectivity index is 1.63. The molecular formula is C20H21F3N2O2. The van der Waals surface area contributed by atoms with Crippen molar-refractivity contribution >= 4 is 5.91 Å². The first-order valence-corrected chi connectivity index (χ1v) is 8.84. The zero-order valence-electron chi connectivity index (χ0n) is 14.8. The maximum atomic E-state index is 12.5. The number of carbonyl (C=O) groups is 1. The summed E-state index contributed by atoms with van der Waals surface area (Å²) in [5, 5.41) is 2.66. The number of rotatable bonds is 6. The lowest BCUT2D eigenvalue weighted by Gasteiger charge is -2.15. The van der Waals surface area contributed by atoms with E-state index in [9.17, 15) is 18.0 Å². The first-order chi connectivity index (χ1) is 12.9. The highest BCUT2D eigenvalue weighted by molar-refractivity contribution is 5.94. The van der Waals surface area contributed by atoms with Crippen molar-refractivity contribution in [1.82, 2.24) is 10.2 Å². The summed E-state index contributed by atoms with van der Waals surface area (Å²) in [4.78, 5) is 14.8. The number of alkyl halides is 3. The maximum Gasteiger partial charge on any atom is 0.573 e. The Labute approximate surface area is 155 Å². The topological polar surface area (TPSA) is 41.6 Å². The lowest BCUT2D eigenvalue weighted by molar-refractivity contribution is -0.274. The molecule has 0 saturated carbocycles. The summed E-state index contributed by atoms with van der Waals surface area (Å²) < 4.78 is 41.5. The summed E-state index contributed by atoms with van der Waals surface area (Å²) in [5.41, 5.74) is 1.79. The molecule has 0 radical (unpaired) electrons. The lowest BCUT2D eigenvalue weighted by atomic mass is 10.1. The molecule has 1 N–H and O–H groups in total. The van der Waals surface area contributed by atoms with Crippen molar-refractivity contribution in [3.63, 3.8) is 0 Å². The van der Waals surface area contributed by atoms with E-state index in [2.05, 4.69) is 15.0 Å². The Bertz CT molecular complexity index is 787. The Morgan fingerprint density at radius 2 is 1.81 bits per heavy atom. The van der Waals surface area contributed by atoms with E-state index in [-0.39, 0.29) is 23.8 Å². The molecule has 2 aromatic rings. The third kappa shape index (κ3) is 5.72. The van der Waals surface area contributed by atoms with E-state index < -0.39 is 6.36 Å². The minimum absolute atomic E-state index is 0.0541. The third-order valence-corrected chi connectivity index (χ3v) is 4.43. The number of amides is 1. The lowest BCUT2D eigenvalue weighted by Crippen LogP contribution is -2.25. The molecule has 27 heavy (non-hydrogen) atoms. The van der Waals surface area contributed by atoms with E-state index in [4.69, 9.17) is 0 Å². The first kappa shape index (κ1) is 19.2. The van der Waals surface area contributed by atoms with Gasteiger partial charge in [0.15, 0.2) is 0 Å². The number of hydrogen-bond acceptors (Lipinski definition) is 3. The van der Waals surface area contributed by atoms with Crippen molar-refractivity contribution in [3.8, 4) is 5.75 Å². The molecule has 0 aromatic heterocycles. The van der Waals surface area contributed by atoms with Gasteiger partial charge >= 0.3 is 6.36 Å². The largest absolute Gasteiger partial charge is 0.573 e. The number of para-hydroxylation sites is 1. The maximum absolute atomic E-state index is 12.5. The van der Waals surface area contributed by atoms with Crippen molar-refractivity contribution in [2.45, 2.75) is 32.3 Å². The van der Waals surface area contributed by atoms with Gasteiger partial charge in [-0.15, -0.1) is 13.2 Å². The predicted molar refractivity (Wildman–Crippen MR) is 95.2 cm³/mol. The minimum Gasteiger partial charge on any atom is -0.405 e. The molecule has 0 spiro atoms. The van der Waals surface area contributed by atoms with Gasteiger partial charge in [0, 0.05) is 24.2 Å². The van der Waals surface area contributed by atoms with Crippen LogP contribution in [0, 0.1) is 0 Å². The van der Waals surface area contributed by atoms with Crippen LogP contribution in [0.3, 0.4) is 0 Å². The fourth-order valence-electron chi connectivity index (χ4n) is 3.16. The molecule has 7 heteroatoms. The molecule has 3 rings (SSSR count). The number of benzene rings is 2. The van der Waals surface area contributed by atoms with Gasteiger partial charge in [-0.1, -0.05) is 30.3 Å². The molecule has 0 unspecified atom stereocenters. The van der Waals surface area contributed by atoms with Crippen LogP contribution in [0.1, 0.15) is 34.3 Å². The van der Waals surface area contributed by atoms with Gasteiger partial charge in [0.1, 0.15) is 5.75 Å². The number of likely N-dealkylation sites (tertiary alicyclic amines) is 1. The Hall–Kier alpha value is -2.54. The smallest absolute Gasteiger partial charge is 0.405 e. The molecule has 1 amide bonds.